The molecule has 1 saturated heterocycles. The zero-order chi connectivity index (χ0) is 13.3. The van der Waals surface area contributed by atoms with E-state index in [9.17, 15) is 13.2 Å². The average Bonchev–Trinajstić information content (AvgIpc) is 2.76. The largest absolute Gasteiger partial charge is 0.368 e. The molecule has 1 aromatic rings. The summed E-state index contributed by atoms with van der Waals surface area (Å²) in [7, 11) is -3.68. The predicted octanol–water partition coefficient (Wildman–Crippen LogP) is -0.0416. The van der Waals surface area contributed by atoms with Crippen molar-refractivity contribution in [1.82, 2.24) is 9.62 Å². The highest BCUT2D eigenvalue weighted by atomic mass is 79.9. The number of halogens is 1. The zero-order valence-electron chi connectivity index (χ0n) is 9.30. The third kappa shape index (κ3) is 2.45. The van der Waals surface area contributed by atoms with Gasteiger partial charge in [-0.05, 0) is 27.4 Å². The van der Waals surface area contributed by atoms with Crippen LogP contribution in [0.5, 0.6) is 0 Å². The Labute approximate surface area is 117 Å². The number of sulfonamides is 1. The first-order valence-electron chi connectivity index (χ1n) is 5.19. The molecule has 1 aliphatic heterocycles. The Hall–Kier alpha value is -0.480. The van der Waals surface area contributed by atoms with E-state index in [0.29, 0.717) is 11.0 Å². The molecular weight excluding hydrogens is 342 g/mol. The Morgan fingerprint density at radius 2 is 2.33 bits per heavy atom. The fourth-order valence-electron chi connectivity index (χ4n) is 1.79. The number of rotatable bonds is 3. The van der Waals surface area contributed by atoms with Gasteiger partial charge in [0.15, 0.2) is 0 Å². The maximum absolute atomic E-state index is 12.5. The van der Waals surface area contributed by atoms with Crippen LogP contribution in [0.2, 0.25) is 0 Å². The Morgan fingerprint density at radius 3 is 2.89 bits per heavy atom. The molecule has 9 heteroatoms. The van der Waals surface area contributed by atoms with Gasteiger partial charge < -0.3 is 11.1 Å². The predicted molar refractivity (Wildman–Crippen MR) is 71.8 cm³/mol. The van der Waals surface area contributed by atoms with Crippen LogP contribution in [0.3, 0.4) is 0 Å². The summed E-state index contributed by atoms with van der Waals surface area (Å²) in [5.41, 5.74) is 5.25. The first kappa shape index (κ1) is 13.9. The molecule has 0 bridgehead atoms. The van der Waals surface area contributed by atoms with E-state index in [1.165, 1.54) is 4.31 Å². The highest BCUT2D eigenvalue weighted by Crippen LogP contribution is 2.31. The average molecular weight is 354 g/mol. The van der Waals surface area contributed by atoms with E-state index < -0.39 is 22.0 Å². The Kier molecular flexibility index (Phi) is 4.07. The molecule has 2 heterocycles. The van der Waals surface area contributed by atoms with Crippen molar-refractivity contribution >= 4 is 43.2 Å². The SMILES string of the molecule is NC(=O)C1CNCCN1S(=O)(=O)c1sccc1Br. The van der Waals surface area contributed by atoms with Crippen molar-refractivity contribution in [3.63, 3.8) is 0 Å². The third-order valence-corrected chi connectivity index (χ3v) is 7.21. The van der Waals surface area contributed by atoms with Gasteiger partial charge in [0, 0.05) is 24.1 Å². The highest BCUT2D eigenvalue weighted by molar-refractivity contribution is 9.10. The molecule has 1 fully saturated rings. The van der Waals surface area contributed by atoms with Crippen molar-refractivity contribution in [1.29, 1.82) is 0 Å². The number of nitrogens with two attached hydrogens (primary N) is 1. The second kappa shape index (κ2) is 5.25. The molecule has 2 rings (SSSR count). The summed E-state index contributed by atoms with van der Waals surface area (Å²) in [5.74, 6) is -0.640. The fraction of sp³-hybridized carbons (Fsp3) is 0.444. The second-order valence-corrected chi connectivity index (χ2v) is 7.65. The normalized spacial score (nSPS) is 21.9. The number of thiophene rings is 1. The van der Waals surface area contributed by atoms with Crippen LogP contribution < -0.4 is 11.1 Å². The van der Waals surface area contributed by atoms with Crippen LogP contribution in [0, 0.1) is 0 Å². The molecule has 1 amide bonds. The molecule has 1 aromatic heterocycles. The summed E-state index contributed by atoms with van der Waals surface area (Å²) < 4.78 is 26.8. The van der Waals surface area contributed by atoms with Crippen molar-refractivity contribution in [2.45, 2.75) is 10.3 Å². The van der Waals surface area contributed by atoms with Gasteiger partial charge >= 0.3 is 0 Å². The molecule has 18 heavy (non-hydrogen) atoms. The summed E-state index contributed by atoms with van der Waals surface area (Å²) >= 11 is 4.31. The zero-order valence-corrected chi connectivity index (χ0v) is 12.5. The van der Waals surface area contributed by atoms with Crippen LogP contribution in [-0.4, -0.2) is 44.3 Å². The van der Waals surface area contributed by atoms with E-state index in [-0.39, 0.29) is 17.3 Å². The number of carbonyl (C=O) groups is 1. The van der Waals surface area contributed by atoms with E-state index >= 15 is 0 Å². The minimum absolute atomic E-state index is 0.204. The maximum atomic E-state index is 12.5. The van der Waals surface area contributed by atoms with Gasteiger partial charge in [0.25, 0.3) is 10.0 Å². The van der Waals surface area contributed by atoms with Crippen molar-refractivity contribution in [2.75, 3.05) is 19.6 Å². The van der Waals surface area contributed by atoms with Gasteiger partial charge in [0.05, 0.1) is 0 Å². The van der Waals surface area contributed by atoms with Crippen molar-refractivity contribution < 1.29 is 13.2 Å². The quantitative estimate of drug-likeness (QED) is 0.797. The first-order chi connectivity index (χ1) is 8.44. The van der Waals surface area contributed by atoms with Crippen LogP contribution >= 0.6 is 27.3 Å². The lowest BCUT2D eigenvalue weighted by molar-refractivity contribution is -0.122. The molecule has 6 nitrogen and oxygen atoms in total. The summed E-state index contributed by atoms with van der Waals surface area (Å²) in [6, 6.07) is 0.830. The minimum atomic E-state index is -3.68. The van der Waals surface area contributed by atoms with E-state index in [0.717, 1.165) is 11.3 Å². The molecule has 3 N–H and O–H groups in total. The van der Waals surface area contributed by atoms with Crippen LogP contribution in [0.4, 0.5) is 0 Å². The number of carbonyl (C=O) groups excluding carboxylic acids is 1. The van der Waals surface area contributed by atoms with Gasteiger partial charge in [-0.3, -0.25) is 4.79 Å². The fourth-order valence-corrected chi connectivity index (χ4v) is 5.81. The molecule has 0 aromatic carbocycles. The van der Waals surface area contributed by atoms with Crippen molar-refractivity contribution in [3.05, 3.63) is 15.9 Å². The smallest absolute Gasteiger partial charge is 0.254 e. The number of hydrogen-bond acceptors (Lipinski definition) is 5. The molecule has 0 spiro atoms. The first-order valence-corrected chi connectivity index (χ1v) is 8.30. The Morgan fingerprint density at radius 1 is 1.61 bits per heavy atom. The molecule has 100 valence electrons. The van der Waals surface area contributed by atoms with Gasteiger partial charge in [0.1, 0.15) is 10.3 Å². The molecule has 0 radical (unpaired) electrons. The summed E-state index contributed by atoms with van der Waals surface area (Å²) in [6.45, 7) is 0.990. The van der Waals surface area contributed by atoms with Gasteiger partial charge in [-0.1, -0.05) is 0 Å². The van der Waals surface area contributed by atoms with E-state index in [4.69, 9.17) is 5.73 Å². The number of hydrogen-bond donors (Lipinski definition) is 2. The highest BCUT2D eigenvalue weighted by Gasteiger charge is 2.38. The van der Waals surface area contributed by atoms with Gasteiger partial charge in [-0.2, -0.15) is 4.31 Å². The topological polar surface area (TPSA) is 92.5 Å². The molecule has 1 unspecified atom stereocenters. The molecular formula is C9H12BrN3O3S2. The number of nitrogens with one attached hydrogen (secondary N) is 1. The van der Waals surface area contributed by atoms with Gasteiger partial charge in [0.2, 0.25) is 5.91 Å². The third-order valence-electron chi connectivity index (χ3n) is 2.65. The van der Waals surface area contributed by atoms with Crippen LogP contribution in [0.15, 0.2) is 20.1 Å². The van der Waals surface area contributed by atoms with E-state index in [2.05, 4.69) is 21.2 Å². The second-order valence-electron chi connectivity index (χ2n) is 3.79. The number of nitrogens with zero attached hydrogens (tertiary/aromatic N) is 1. The number of primary amides is 1. The Balaban J connectivity index is 2.39. The standard InChI is InChI=1S/C9H12BrN3O3S2/c10-6-1-4-17-9(6)18(15,16)13-3-2-12-5-7(13)8(11)14/h1,4,7,12H,2-3,5H2,(H2,11,14). The minimum Gasteiger partial charge on any atom is -0.368 e. The van der Waals surface area contributed by atoms with Crippen LogP contribution in [0.25, 0.3) is 0 Å². The molecule has 0 saturated carbocycles. The number of piperazine rings is 1. The van der Waals surface area contributed by atoms with E-state index in [1.54, 1.807) is 11.4 Å². The monoisotopic (exact) mass is 353 g/mol. The maximum Gasteiger partial charge on any atom is 0.254 e. The van der Waals surface area contributed by atoms with Crippen molar-refractivity contribution in [2.24, 2.45) is 5.73 Å². The molecule has 0 aliphatic carbocycles. The summed E-state index contributed by atoms with van der Waals surface area (Å²) in [5, 5.41) is 4.64. The number of amides is 1. The molecule has 1 atom stereocenters. The van der Waals surface area contributed by atoms with Crippen LogP contribution in [0.1, 0.15) is 0 Å². The van der Waals surface area contributed by atoms with Gasteiger partial charge in [-0.15, -0.1) is 11.3 Å². The lowest BCUT2D eigenvalue weighted by atomic mass is 10.2. The van der Waals surface area contributed by atoms with Crippen LogP contribution in [-0.2, 0) is 14.8 Å². The summed E-state index contributed by atoms with van der Waals surface area (Å²) in [6.07, 6.45) is 0. The van der Waals surface area contributed by atoms with Gasteiger partial charge in [-0.25, -0.2) is 8.42 Å². The lowest BCUT2D eigenvalue weighted by Gasteiger charge is -2.32. The van der Waals surface area contributed by atoms with Crippen molar-refractivity contribution in [3.8, 4) is 0 Å². The molecule has 1 aliphatic rings. The summed E-state index contributed by atoms with van der Waals surface area (Å²) in [4.78, 5) is 11.3. The lowest BCUT2D eigenvalue weighted by Crippen LogP contribution is -2.58. The van der Waals surface area contributed by atoms with E-state index in [1.807, 2.05) is 0 Å². The Bertz CT molecular complexity index is 557.